The normalized spacial score (nSPS) is 14.7. The number of carbonyl (C=O) groups is 2. The summed E-state index contributed by atoms with van der Waals surface area (Å²) in [5.74, 6) is -0.790. The Morgan fingerprint density at radius 1 is 0.900 bits per heavy atom. The van der Waals surface area contributed by atoms with E-state index in [2.05, 4.69) is 9.99 Å². The van der Waals surface area contributed by atoms with Crippen LogP contribution in [0.1, 0.15) is 22.8 Å². The zero-order valence-electron chi connectivity index (χ0n) is 10.8. The number of rotatable bonds is 1. The SMILES string of the molecule is CC(=O)O/N=C1\C(=O)c2ccccc2-c2ccccc21. The Morgan fingerprint density at radius 2 is 1.40 bits per heavy atom. The predicted octanol–water partition coefficient (Wildman–Crippen LogP) is 2.82. The van der Waals surface area contributed by atoms with Gasteiger partial charge in [0, 0.05) is 18.1 Å². The lowest BCUT2D eigenvalue weighted by atomic mass is 9.83. The molecule has 0 saturated heterocycles. The molecular formula is C16H11NO3. The zero-order valence-corrected chi connectivity index (χ0v) is 10.8. The molecule has 98 valence electrons. The van der Waals surface area contributed by atoms with Crippen molar-refractivity contribution in [2.24, 2.45) is 5.16 Å². The van der Waals surface area contributed by atoms with Crippen LogP contribution in [0, 0.1) is 0 Å². The first-order valence-electron chi connectivity index (χ1n) is 6.17. The molecule has 0 amide bonds. The lowest BCUT2D eigenvalue weighted by molar-refractivity contribution is -0.140. The van der Waals surface area contributed by atoms with Gasteiger partial charge >= 0.3 is 5.97 Å². The van der Waals surface area contributed by atoms with Crippen LogP contribution in [0.2, 0.25) is 0 Å². The van der Waals surface area contributed by atoms with Crippen molar-refractivity contribution < 1.29 is 14.4 Å². The van der Waals surface area contributed by atoms with Crippen LogP contribution in [0.3, 0.4) is 0 Å². The molecule has 3 rings (SSSR count). The van der Waals surface area contributed by atoms with Crippen molar-refractivity contribution in [1.29, 1.82) is 0 Å². The van der Waals surface area contributed by atoms with E-state index in [1.165, 1.54) is 6.92 Å². The van der Waals surface area contributed by atoms with Crippen LogP contribution in [0.25, 0.3) is 11.1 Å². The molecule has 0 heterocycles. The fourth-order valence-corrected chi connectivity index (χ4v) is 2.29. The highest BCUT2D eigenvalue weighted by Gasteiger charge is 2.28. The predicted molar refractivity (Wildman–Crippen MR) is 74.5 cm³/mol. The topological polar surface area (TPSA) is 55.7 Å². The van der Waals surface area contributed by atoms with Crippen LogP contribution in [0.15, 0.2) is 53.7 Å². The highest BCUT2D eigenvalue weighted by molar-refractivity contribution is 6.54. The molecular weight excluding hydrogens is 254 g/mol. The maximum absolute atomic E-state index is 12.5. The fraction of sp³-hybridized carbons (Fsp3) is 0.0625. The van der Waals surface area contributed by atoms with Gasteiger partial charge in [-0.15, -0.1) is 0 Å². The van der Waals surface area contributed by atoms with Gasteiger partial charge in [-0.1, -0.05) is 53.7 Å². The lowest BCUT2D eigenvalue weighted by Gasteiger charge is -2.19. The zero-order chi connectivity index (χ0) is 14.1. The minimum Gasteiger partial charge on any atom is -0.318 e. The third-order valence-electron chi connectivity index (χ3n) is 3.12. The molecule has 4 nitrogen and oxygen atoms in total. The van der Waals surface area contributed by atoms with E-state index < -0.39 is 5.97 Å². The van der Waals surface area contributed by atoms with Gasteiger partial charge in [-0.05, 0) is 11.1 Å². The second-order valence-corrected chi connectivity index (χ2v) is 4.44. The molecule has 1 aliphatic carbocycles. The molecule has 0 N–H and O–H groups in total. The van der Waals surface area contributed by atoms with Gasteiger partial charge in [0.05, 0.1) is 0 Å². The number of carbonyl (C=O) groups excluding carboxylic acids is 2. The highest BCUT2D eigenvalue weighted by atomic mass is 16.7. The standard InChI is InChI=1S/C16H11NO3/c1-10(18)20-17-15-13-8-4-2-6-11(13)12-7-3-5-9-14(12)16(15)19/h2-9H,1H3/b17-15-. The van der Waals surface area contributed by atoms with Crippen LogP contribution < -0.4 is 0 Å². The molecule has 0 spiro atoms. The first-order chi connectivity index (χ1) is 9.68. The van der Waals surface area contributed by atoms with Gasteiger partial charge in [-0.3, -0.25) is 4.79 Å². The maximum atomic E-state index is 12.5. The summed E-state index contributed by atoms with van der Waals surface area (Å²) in [7, 11) is 0. The fourth-order valence-electron chi connectivity index (χ4n) is 2.29. The Balaban J connectivity index is 2.24. The number of hydrogen-bond acceptors (Lipinski definition) is 4. The second-order valence-electron chi connectivity index (χ2n) is 4.44. The maximum Gasteiger partial charge on any atom is 0.332 e. The molecule has 20 heavy (non-hydrogen) atoms. The summed E-state index contributed by atoms with van der Waals surface area (Å²) in [6.07, 6.45) is 0. The molecule has 2 aromatic carbocycles. The molecule has 1 aliphatic rings. The Bertz CT molecular complexity index is 747. The number of Topliss-reactive ketones (excluding diaryl/α,β-unsaturated/α-hetero) is 1. The van der Waals surface area contributed by atoms with Crippen molar-refractivity contribution in [2.45, 2.75) is 6.92 Å². The van der Waals surface area contributed by atoms with Gasteiger partial charge in [0.2, 0.25) is 5.78 Å². The minimum absolute atomic E-state index is 0.162. The summed E-state index contributed by atoms with van der Waals surface area (Å²) in [6, 6.07) is 14.8. The van der Waals surface area contributed by atoms with E-state index in [1.54, 1.807) is 18.2 Å². The third-order valence-corrected chi connectivity index (χ3v) is 3.12. The van der Waals surface area contributed by atoms with Crippen molar-refractivity contribution in [2.75, 3.05) is 0 Å². The van der Waals surface area contributed by atoms with Gasteiger partial charge < -0.3 is 4.84 Å². The number of fused-ring (bicyclic) bond motifs is 3. The molecule has 0 bridgehead atoms. The molecule has 0 aliphatic heterocycles. The summed E-state index contributed by atoms with van der Waals surface area (Å²) in [5.41, 5.74) is 3.19. The van der Waals surface area contributed by atoms with Gasteiger partial charge in [0.25, 0.3) is 0 Å². The number of nitrogens with zero attached hydrogens (tertiary/aromatic N) is 1. The van der Waals surface area contributed by atoms with Gasteiger partial charge in [0.1, 0.15) is 0 Å². The lowest BCUT2D eigenvalue weighted by Crippen LogP contribution is -2.22. The van der Waals surface area contributed by atoms with Gasteiger partial charge in [-0.25, -0.2) is 4.79 Å². The van der Waals surface area contributed by atoms with E-state index in [-0.39, 0.29) is 11.5 Å². The van der Waals surface area contributed by atoms with Crippen molar-refractivity contribution >= 4 is 17.5 Å². The number of oxime groups is 1. The van der Waals surface area contributed by atoms with Crippen LogP contribution in [-0.2, 0) is 9.63 Å². The van der Waals surface area contributed by atoms with Crippen molar-refractivity contribution in [3.05, 3.63) is 59.7 Å². The molecule has 0 aromatic heterocycles. The summed E-state index contributed by atoms with van der Waals surface area (Å²) in [6.45, 7) is 1.25. The number of hydrogen-bond donors (Lipinski definition) is 0. The average molecular weight is 265 g/mol. The van der Waals surface area contributed by atoms with Crippen LogP contribution in [0.4, 0.5) is 0 Å². The van der Waals surface area contributed by atoms with Gasteiger partial charge in [-0.2, -0.15) is 0 Å². The monoisotopic (exact) mass is 265 g/mol. The minimum atomic E-state index is -0.554. The Morgan fingerprint density at radius 3 is 2.00 bits per heavy atom. The van der Waals surface area contributed by atoms with Crippen LogP contribution >= 0.6 is 0 Å². The molecule has 0 unspecified atom stereocenters. The number of ketones is 1. The van der Waals surface area contributed by atoms with Crippen LogP contribution in [0.5, 0.6) is 0 Å². The van der Waals surface area contributed by atoms with Crippen molar-refractivity contribution in [1.82, 2.24) is 0 Å². The van der Waals surface area contributed by atoms with Crippen LogP contribution in [-0.4, -0.2) is 17.5 Å². The molecule has 0 radical (unpaired) electrons. The summed E-state index contributed by atoms with van der Waals surface area (Å²) in [4.78, 5) is 28.0. The summed E-state index contributed by atoms with van der Waals surface area (Å²) >= 11 is 0. The first-order valence-corrected chi connectivity index (χ1v) is 6.17. The molecule has 2 aromatic rings. The van der Waals surface area contributed by atoms with E-state index in [0.29, 0.717) is 11.1 Å². The van der Waals surface area contributed by atoms with Gasteiger partial charge in [0.15, 0.2) is 5.71 Å². The van der Waals surface area contributed by atoms with E-state index in [0.717, 1.165) is 11.1 Å². The third kappa shape index (κ3) is 1.91. The Hall–Kier alpha value is -2.75. The van der Waals surface area contributed by atoms with Crippen molar-refractivity contribution in [3.8, 4) is 11.1 Å². The van der Waals surface area contributed by atoms with E-state index in [1.807, 2.05) is 30.3 Å². The molecule has 0 atom stereocenters. The Kier molecular flexibility index (Phi) is 2.91. The van der Waals surface area contributed by atoms with E-state index in [4.69, 9.17) is 0 Å². The molecule has 4 heteroatoms. The first kappa shape index (κ1) is 12.3. The largest absolute Gasteiger partial charge is 0.332 e. The summed E-state index contributed by atoms with van der Waals surface area (Å²) in [5, 5.41) is 3.72. The highest BCUT2D eigenvalue weighted by Crippen LogP contribution is 2.33. The smallest absolute Gasteiger partial charge is 0.318 e. The average Bonchev–Trinajstić information content (AvgIpc) is 2.47. The molecule has 0 saturated carbocycles. The quantitative estimate of drug-likeness (QED) is 0.588. The van der Waals surface area contributed by atoms with Crippen molar-refractivity contribution in [3.63, 3.8) is 0 Å². The number of benzene rings is 2. The Labute approximate surface area is 115 Å². The second kappa shape index (κ2) is 4.74. The van der Waals surface area contributed by atoms with E-state index >= 15 is 0 Å². The van der Waals surface area contributed by atoms with E-state index in [9.17, 15) is 9.59 Å². The summed E-state index contributed by atoms with van der Waals surface area (Å²) < 4.78 is 0. The molecule has 0 fully saturated rings.